The van der Waals surface area contributed by atoms with Gasteiger partial charge in [-0.1, -0.05) is 23.8 Å². The molecule has 0 N–H and O–H groups in total. The molecule has 0 atom stereocenters. The van der Waals surface area contributed by atoms with Crippen LogP contribution >= 0.6 is 15.9 Å². The molecule has 1 aromatic heterocycles. The first-order valence-electron chi connectivity index (χ1n) is 4.90. The molecule has 0 bridgehead atoms. The zero-order valence-corrected chi connectivity index (χ0v) is 10.5. The number of nitrogens with zero attached hydrogens (tertiary/aromatic N) is 2. The van der Waals surface area contributed by atoms with Crippen molar-refractivity contribution in [3.63, 3.8) is 0 Å². The third-order valence-electron chi connectivity index (χ3n) is 2.45. The van der Waals surface area contributed by atoms with E-state index in [1.54, 1.807) is 0 Å². The molecule has 0 aliphatic carbocycles. The minimum Gasteiger partial charge on any atom is -0.267 e. The van der Waals surface area contributed by atoms with Gasteiger partial charge in [0.1, 0.15) is 4.60 Å². The van der Waals surface area contributed by atoms with Gasteiger partial charge in [-0.15, -0.1) is 0 Å². The molecular formula is C12H13BrN2. The van der Waals surface area contributed by atoms with Gasteiger partial charge in [-0.3, -0.25) is 4.68 Å². The Balaban J connectivity index is 2.27. The Morgan fingerprint density at radius 3 is 2.73 bits per heavy atom. The van der Waals surface area contributed by atoms with E-state index >= 15 is 0 Å². The van der Waals surface area contributed by atoms with Crippen molar-refractivity contribution in [2.75, 3.05) is 0 Å². The predicted molar refractivity (Wildman–Crippen MR) is 64.9 cm³/mol. The van der Waals surface area contributed by atoms with Gasteiger partial charge in [-0.2, -0.15) is 5.10 Å². The molecule has 0 aliphatic heterocycles. The quantitative estimate of drug-likeness (QED) is 0.814. The Labute approximate surface area is 98.1 Å². The van der Waals surface area contributed by atoms with Gasteiger partial charge in [-0.25, -0.2) is 0 Å². The molecule has 2 rings (SSSR count). The second-order valence-corrected chi connectivity index (χ2v) is 4.58. The maximum atomic E-state index is 4.31. The van der Waals surface area contributed by atoms with E-state index in [1.807, 2.05) is 16.9 Å². The summed E-state index contributed by atoms with van der Waals surface area (Å²) in [5.74, 6) is 0. The van der Waals surface area contributed by atoms with Crippen LogP contribution in [0, 0.1) is 13.8 Å². The maximum absolute atomic E-state index is 4.31. The fourth-order valence-corrected chi connectivity index (χ4v) is 1.89. The van der Waals surface area contributed by atoms with Crippen LogP contribution in [-0.4, -0.2) is 9.78 Å². The van der Waals surface area contributed by atoms with Gasteiger partial charge in [0.15, 0.2) is 0 Å². The highest BCUT2D eigenvalue weighted by atomic mass is 79.9. The summed E-state index contributed by atoms with van der Waals surface area (Å²) in [5.41, 5.74) is 3.93. The molecule has 2 aromatic rings. The van der Waals surface area contributed by atoms with Crippen molar-refractivity contribution < 1.29 is 0 Å². The Morgan fingerprint density at radius 2 is 2.07 bits per heavy atom. The Hall–Kier alpha value is -1.09. The third-order valence-corrected chi connectivity index (χ3v) is 2.87. The van der Waals surface area contributed by atoms with E-state index in [2.05, 4.69) is 53.1 Å². The normalized spacial score (nSPS) is 10.6. The van der Waals surface area contributed by atoms with E-state index in [0.717, 1.165) is 11.1 Å². The molecule has 0 spiro atoms. The number of hydrogen-bond acceptors (Lipinski definition) is 1. The van der Waals surface area contributed by atoms with Crippen molar-refractivity contribution in [2.45, 2.75) is 20.4 Å². The SMILES string of the molecule is Cc1ccc(C)c(Cn2ccc(Br)n2)c1. The highest BCUT2D eigenvalue weighted by molar-refractivity contribution is 9.10. The monoisotopic (exact) mass is 264 g/mol. The van der Waals surface area contributed by atoms with Gasteiger partial charge >= 0.3 is 0 Å². The second-order valence-electron chi connectivity index (χ2n) is 3.77. The number of aromatic nitrogens is 2. The predicted octanol–water partition coefficient (Wildman–Crippen LogP) is 3.31. The number of benzene rings is 1. The molecule has 0 saturated carbocycles. The molecule has 0 aliphatic rings. The van der Waals surface area contributed by atoms with Gasteiger partial charge in [0.05, 0.1) is 6.54 Å². The van der Waals surface area contributed by atoms with Gasteiger partial charge < -0.3 is 0 Å². The molecule has 0 saturated heterocycles. The summed E-state index contributed by atoms with van der Waals surface area (Å²) < 4.78 is 2.82. The van der Waals surface area contributed by atoms with Crippen LogP contribution in [0.1, 0.15) is 16.7 Å². The molecule has 78 valence electrons. The van der Waals surface area contributed by atoms with Gasteiger partial charge in [-0.05, 0) is 47.0 Å². The molecule has 1 aromatic carbocycles. The summed E-state index contributed by atoms with van der Waals surface area (Å²) in [6.07, 6.45) is 1.98. The largest absolute Gasteiger partial charge is 0.267 e. The minimum atomic E-state index is 0.832. The second kappa shape index (κ2) is 4.19. The lowest BCUT2D eigenvalue weighted by molar-refractivity contribution is 0.678. The number of halogens is 1. The van der Waals surface area contributed by atoms with Crippen molar-refractivity contribution in [1.29, 1.82) is 0 Å². The van der Waals surface area contributed by atoms with E-state index in [0.29, 0.717) is 0 Å². The Bertz CT molecular complexity index is 474. The first-order chi connectivity index (χ1) is 7.15. The molecular weight excluding hydrogens is 252 g/mol. The third kappa shape index (κ3) is 2.48. The number of aryl methyl sites for hydroxylation is 2. The summed E-state index contributed by atoms with van der Waals surface area (Å²) in [7, 11) is 0. The Morgan fingerprint density at radius 1 is 1.27 bits per heavy atom. The topological polar surface area (TPSA) is 17.8 Å². The van der Waals surface area contributed by atoms with E-state index in [1.165, 1.54) is 16.7 Å². The molecule has 2 nitrogen and oxygen atoms in total. The zero-order valence-electron chi connectivity index (χ0n) is 8.87. The molecule has 0 amide bonds. The molecule has 3 heteroatoms. The van der Waals surface area contributed by atoms with E-state index in [4.69, 9.17) is 0 Å². The summed E-state index contributed by atoms with van der Waals surface area (Å²) in [6, 6.07) is 8.46. The van der Waals surface area contributed by atoms with Crippen LogP contribution in [0.3, 0.4) is 0 Å². The van der Waals surface area contributed by atoms with Gasteiger partial charge in [0.25, 0.3) is 0 Å². The highest BCUT2D eigenvalue weighted by Crippen LogP contribution is 2.13. The standard InChI is InChI=1S/C12H13BrN2/c1-9-3-4-10(2)11(7-9)8-15-6-5-12(13)14-15/h3-7H,8H2,1-2H3. The molecule has 0 unspecified atom stereocenters. The van der Waals surface area contributed by atoms with Crippen LogP contribution in [0.4, 0.5) is 0 Å². The van der Waals surface area contributed by atoms with Crippen LogP contribution in [-0.2, 0) is 6.54 Å². The molecule has 0 radical (unpaired) electrons. The van der Waals surface area contributed by atoms with Crippen molar-refractivity contribution in [3.05, 3.63) is 51.8 Å². The number of hydrogen-bond donors (Lipinski definition) is 0. The van der Waals surface area contributed by atoms with Crippen LogP contribution in [0.5, 0.6) is 0 Å². The van der Waals surface area contributed by atoms with Crippen LogP contribution in [0.25, 0.3) is 0 Å². The zero-order chi connectivity index (χ0) is 10.8. The maximum Gasteiger partial charge on any atom is 0.128 e. The van der Waals surface area contributed by atoms with Crippen molar-refractivity contribution in [3.8, 4) is 0 Å². The summed E-state index contributed by atoms with van der Waals surface area (Å²) in [5, 5.41) is 4.31. The summed E-state index contributed by atoms with van der Waals surface area (Å²) in [4.78, 5) is 0. The van der Waals surface area contributed by atoms with Crippen LogP contribution in [0.15, 0.2) is 35.1 Å². The first-order valence-corrected chi connectivity index (χ1v) is 5.69. The lowest BCUT2D eigenvalue weighted by Gasteiger charge is -2.07. The molecule has 1 heterocycles. The van der Waals surface area contributed by atoms with Crippen LogP contribution in [0.2, 0.25) is 0 Å². The van der Waals surface area contributed by atoms with E-state index in [-0.39, 0.29) is 0 Å². The average Bonchev–Trinajstić information content (AvgIpc) is 2.58. The Kier molecular flexibility index (Phi) is 2.91. The van der Waals surface area contributed by atoms with E-state index in [9.17, 15) is 0 Å². The number of rotatable bonds is 2. The van der Waals surface area contributed by atoms with Crippen molar-refractivity contribution in [1.82, 2.24) is 9.78 Å². The fraction of sp³-hybridized carbons (Fsp3) is 0.250. The molecule has 15 heavy (non-hydrogen) atoms. The highest BCUT2D eigenvalue weighted by Gasteiger charge is 2.01. The first kappa shape index (κ1) is 10.4. The average molecular weight is 265 g/mol. The lowest BCUT2D eigenvalue weighted by atomic mass is 10.1. The molecule has 0 fully saturated rings. The van der Waals surface area contributed by atoms with Crippen molar-refractivity contribution in [2.24, 2.45) is 0 Å². The van der Waals surface area contributed by atoms with Gasteiger partial charge in [0.2, 0.25) is 0 Å². The van der Waals surface area contributed by atoms with E-state index < -0.39 is 0 Å². The lowest BCUT2D eigenvalue weighted by Crippen LogP contribution is -2.02. The fourth-order valence-electron chi connectivity index (χ4n) is 1.57. The van der Waals surface area contributed by atoms with Crippen LogP contribution < -0.4 is 0 Å². The summed E-state index contributed by atoms with van der Waals surface area (Å²) in [6.45, 7) is 5.08. The smallest absolute Gasteiger partial charge is 0.128 e. The van der Waals surface area contributed by atoms with Crippen molar-refractivity contribution >= 4 is 15.9 Å². The summed E-state index contributed by atoms with van der Waals surface area (Å²) >= 11 is 3.35. The minimum absolute atomic E-state index is 0.832. The van der Waals surface area contributed by atoms with Gasteiger partial charge in [0, 0.05) is 6.20 Å².